The second kappa shape index (κ2) is 7.73. The smallest absolute Gasteiger partial charge is 0.111 e. The van der Waals surface area contributed by atoms with Crippen LogP contribution in [0.2, 0.25) is 0 Å². The minimum atomic E-state index is -0.764. The molecular formula is C25H33N3O. The first kappa shape index (κ1) is 19.1. The molecule has 4 heteroatoms. The van der Waals surface area contributed by atoms with Crippen molar-refractivity contribution in [3.8, 4) is 0 Å². The fourth-order valence-corrected chi connectivity index (χ4v) is 5.88. The summed E-state index contributed by atoms with van der Waals surface area (Å²) in [6.45, 7) is 7.45. The summed E-state index contributed by atoms with van der Waals surface area (Å²) in [5.74, 6) is 0.866. The van der Waals surface area contributed by atoms with Gasteiger partial charge in [0.2, 0.25) is 0 Å². The molecule has 3 aliphatic rings. The highest BCUT2D eigenvalue weighted by atomic mass is 16.3. The van der Waals surface area contributed by atoms with Gasteiger partial charge in [-0.1, -0.05) is 24.3 Å². The van der Waals surface area contributed by atoms with E-state index in [2.05, 4.69) is 52.0 Å². The number of likely N-dealkylation sites (tertiary alicyclic amines) is 1. The van der Waals surface area contributed by atoms with E-state index in [-0.39, 0.29) is 0 Å². The number of pyridine rings is 1. The number of fused-ring (bicyclic) bond motifs is 1. The van der Waals surface area contributed by atoms with Crippen molar-refractivity contribution in [1.82, 2.24) is 9.88 Å². The molecule has 1 saturated carbocycles. The first-order valence-electron chi connectivity index (χ1n) is 11.3. The standard InChI is InChI=1S/C25H33N3O/c1-19-9-10-24(26-15-19)25(29)12-11-20-16-27(18-22(20)25)17-21-7-3-4-8-23(21)28-13-5-2-6-14-28/h3-4,7-10,15,20,22,29H,2,5-6,11-14,16-18H2,1H3/t20-,22+,25-/m1/s1. The molecule has 0 unspecified atom stereocenters. The maximum absolute atomic E-state index is 11.6. The normalized spacial score (nSPS) is 29.9. The Morgan fingerprint density at radius 2 is 1.90 bits per heavy atom. The lowest BCUT2D eigenvalue weighted by Crippen LogP contribution is -2.35. The number of rotatable bonds is 4. The molecule has 2 aliphatic heterocycles. The summed E-state index contributed by atoms with van der Waals surface area (Å²) in [5.41, 5.74) is 4.10. The van der Waals surface area contributed by atoms with E-state index in [1.54, 1.807) is 0 Å². The monoisotopic (exact) mass is 391 g/mol. The number of hydrogen-bond donors (Lipinski definition) is 1. The Hall–Kier alpha value is -1.91. The van der Waals surface area contributed by atoms with Crippen molar-refractivity contribution in [3.63, 3.8) is 0 Å². The highest BCUT2D eigenvalue weighted by Gasteiger charge is 2.53. The fraction of sp³-hybridized carbons (Fsp3) is 0.560. The molecule has 3 atom stereocenters. The molecule has 1 aromatic heterocycles. The van der Waals surface area contributed by atoms with E-state index in [9.17, 15) is 5.11 Å². The minimum absolute atomic E-state index is 0.292. The number of para-hydroxylation sites is 1. The van der Waals surface area contributed by atoms with Gasteiger partial charge in [0.15, 0.2) is 0 Å². The minimum Gasteiger partial charge on any atom is -0.383 e. The maximum Gasteiger partial charge on any atom is 0.111 e. The molecule has 0 radical (unpaired) electrons. The molecule has 154 valence electrons. The Morgan fingerprint density at radius 3 is 2.69 bits per heavy atom. The largest absolute Gasteiger partial charge is 0.383 e. The lowest BCUT2D eigenvalue weighted by Gasteiger charge is -2.32. The molecule has 4 nitrogen and oxygen atoms in total. The van der Waals surface area contributed by atoms with Crippen LogP contribution in [0.1, 0.15) is 48.9 Å². The first-order chi connectivity index (χ1) is 14.1. The van der Waals surface area contributed by atoms with Gasteiger partial charge >= 0.3 is 0 Å². The van der Waals surface area contributed by atoms with Crippen LogP contribution < -0.4 is 4.90 Å². The molecule has 5 rings (SSSR count). The zero-order valence-corrected chi connectivity index (χ0v) is 17.6. The molecule has 1 aliphatic carbocycles. The van der Waals surface area contributed by atoms with Gasteiger partial charge in [-0.05, 0) is 68.2 Å². The van der Waals surface area contributed by atoms with E-state index in [4.69, 9.17) is 0 Å². The van der Waals surface area contributed by atoms with Crippen molar-refractivity contribution >= 4 is 5.69 Å². The molecule has 1 aromatic carbocycles. The van der Waals surface area contributed by atoms with Gasteiger partial charge in [0, 0.05) is 50.5 Å². The molecular weight excluding hydrogens is 358 g/mol. The van der Waals surface area contributed by atoms with Crippen LogP contribution in [-0.4, -0.2) is 41.2 Å². The lowest BCUT2D eigenvalue weighted by molar-refractivity contribution is -0.0108. The number of aromatic nitrogens is 1. The Labute approximate surface area is 174 Å². The van der Waals surface area contributed by atoms with Crippen molar-refractivity contribution in [3.05, 3.63) is 59.4 Å². The van der Waals surface area contributed by atoms with Gasteiger partial charge in [-0.15, -0.1) is 0 Å². The van der Waals surface area contributed by atoms with Crippen molar-refractivity contribution in [1.29, 1.82) is 0 Å². The fourth-order valence-electron chi connectivity index (χ4n) is 5.88. The van der Waals surface area contributed by atoms with E-state index in [1.807, 2.05) is 12.3 Å². The number of piperidine rings is 1. The third-order valence-corrected chi connectivity index (χ3v) is 7.46. The molecule has 1 N–H and O–H groups in total. The van der Waals surface area contributed by atoms with E-state index in [0.29, 0.717) is 11.8 Å². The molecule has 3 fully saturated rings. The Balaban J connectivity index is 1.32. The average molecular weight is 392 g/mol. The summed E-state index contributed by atoms with van der Waals surface area (Å²) in [7, 11) is 0. The van der Waals surface area contributed by atoms with Gasteiger partial charge in [0.1, 0.15) is 5.60 Å². The summed E-state index contributed by atoms with van der Waals surface area (Å²) in [6.07, 6.45) is 7.80. The third kappa shape index (κ3) is 3.57. The zero-order chi connectivity index (χ0) is 19.8. The van der Waals surface area contributed by atoms with Crippen LogP contribution in [0.25, 0.3) is 0 Å². The van der Waals surface area contributed by atoms with Gasteiger partial charge in [-0.25, -0.2) is 0 Å². The number of hydrogen-bond acceptors (Lipinski definition) is 4. The summed E-state index contributed by atoms with van der Waals surface area (Å²) in [4.78, 5) is 9.74. The quantitative estimate of drug-likeness (QED) is 0.851. The number of benzene rings is 1. The second-order valence-electron chi connectivity index (χ2n) is 9.42. The number of anilines is 1. The summed E-state index contributed by atoms with van der Waals surface area (Å²) in [5, 5.41) is 11.6. The molecule has 2 saturated heterocycles. The van der Waals surface area contributed by atoms with Crippen LogP contribution >= 0.6 is 0 Å². The molecule has 29 heavy (non-hydrogen) atoms. The van der Waals surface area contributed by atoms with Gasteiger partial charge in [0.25, 0.3) is 0 Å². The molecule has 0 bridgehead atoms. The second-order valence-corrected chi connectivity index (χ2v) is 9.42. The Kier molecular flexibility index (Phi) is 5.09. The van der Waals surface area contributed by atoms with Crippen molar-refractivity contribution in [2.75, 3.05) is 31.1 Å². The number of aryl methyl sites for hydroxylation is 1. The van der Waals surface area contributed by atoms with Crippen LogP contribution in [0.15, 0.2) is 42.6 Å². The highest BCUT2D eigenvalue weighted by Crippen LogP contribution is 2.50. The van der Waals surface area contributed by atoms with Crippen LogP contribution in [0.5, 0.6) is 0 Å². The van der Waals surface area contributed by atoms with Gasteiger partial charge in [-0.3, -0.25) is 9.88 Å². The van der Waals surface area contributed by atoms with Gasteiger partial charge in [-0.2, -0.15) is 0 Å². The topological polar surface area (TPSA) is 39.6 Å². The molecule has 0 amide bonds. The van der Waals surface area contributed by atoms with E-state index in [1.165, 1.54) is 43.6 Å². The van der Waals surface area contributed by atoms with Gasteiger partial charge < -0.3 is 10.0 Å². The van der Waals surface area contributed by atoms with Crippen LogP contribution in [0.3, 0.4) is 0 Å². The molecule has 3 heterocycles. The first-order valence-corrected chi connectivity index (χ1v) is 11.3. The van der Waals surface area contributed by atoms with Crippen LogP contribution in [-0.2, 0) is 12.1 Å². The molecule has 2 aromatic rings. The Bertz CT molecular complexity index is 845. The van der Waals surface area contributed by atoms with Crippen molar-refractivity contribution in [2.24, 2.45) is 11.8 Å². The lowest BCUT2D eigenvalue weighted by atomic mass is 9.85. The van der Waals surface area contributed by atoms with Gasteiger partial charge in [0.05, 0.1) is 5.69 Å². The Morgan fingerprint density at radius 1 is 1.07 bits per heavy atom. The summed E-state index contributed by atoms with van der Waals surface area (Å²) >= 11 is 0. The predicted octanol–water partition coefficient (Wildman–Crippen LogP) is 4.11. The summed E-state index contributed by atoms with van der Waals surface area (Å²) < 4.78 is 0. The van der Waals surface area contributed by atoms with E-state index in [0.717, 1.165) is 43.7 Å². The zero-order valence-electron chi connectivity index (χ0n) is 17.6. The third-order valence-electron chi connectivity index (χ3n) is 7.46. The maximum atomic E-state index is 11.6. The number of aliphatic hydroxyl groups is 1. The van der Waals surface area contributed by atoms with Crippen molar-refractivity contribution in [2.45, 2.75) is 51.2 Å². The van der Waals surface area contributed by atoms with Crippen LogP contribution in [0.4, 0.5) is 5.69 Å². The SMILES string of the molecule is Cc1ccc([C@@]2(O)CC[C@@H]3CN(Cc4ccccc4N4CCCCC4)C[C@@H]32)nc1. The van der Waals surface area contributed by atoms with Crippen LogP contribution in [0, 0.1) is 18.8 Å². The van der Waals surface area contributed by atoms with E-state index < -0.39 is 5.60 Å². The predicted molar refractivity (Wildman–Crippen MR) is 117 cm³/mol. The van der Waals surface area contributed by atoms with E-state index >= 15 is 0 Å². The van der Waals surface area contributed by atoms with Crippen molar-refractivity contribution < 1.29 is 5.11 Å². The number of nitrogens with zero attached hydrogens (tertiary/aromatic N) is 3. The highest BCUT2D eigenvalue weighted by molar-refractivity contribution is 5.54. The molecule has 0 spiro atoms. The summed E-state index contributed by atoms with van der Waals surface area (Å²) in [6, 6.07) is 13.1. The average Bonchev–Trinajstić information content (AvgIpc) is 3.30.